The van der Waals surface area contributed by atoms with Crippen LogP contribution in [0.2, 0.25) is 0 Å². The predicted octanol–water partition coefficient (Wildman–Crippen LogP) is 4.22. The number of nitrogens with zero attached hydrogens (tertiary/aromatic N) is 5. The fourth-order valence-electron chi connectivity index (χ4n) is 4.55. The Morgan fingerprint density at radius 2 is 1.84 bits per heavy atom. The summed E-state index contributed by atoms with van der Waals surface area (Å²) in [5.74, 6) is 0.863. The van der Waals surface area contributed by atoms with Crippen molar-refractivity contribution in [2.75, 3.05) is 0 Å². The Bertz CT molecular complexity index is 1120. The molecule has 31 heavy (non-hydrogen) atoms. The molecule has 2 heterocycles. The highest BCUT2D eigenvalue weighted by molar-refractivity contribution is 5.80. The van der Waals surface area contributed by atoms with Crippen LogP contribution in [0.5, 0.6) is 0 Å². The first-order valence-corrected chi connectivity index (χ1v) is 11.4. The summed E-state index contributed by atoms with van der Waals surface area (Å²) < 4.78 is 1.95. The third kappa shape index (κ3) is 4.42. The molecular formula is C24H34N6O. The van der Waals surface area contributed by atoms with Gasteiger partial charge in [0.05, 0.1) is 12.1 Å². The summed E-state index contributed by atoms with van der Waals surface area (Å²) in [4.78, 5) is 18.4. The number of rotatable bonds is 7. The van der Waals surface area contributed by atoms with E-state index in [-0.39, 0.29) is 11.1 Å². The van der Waals surface area contributed by atoms with E-state index in [1.54, 1.807) is 0 Å². The van der Waals surface area contributed by atoms with Crippen molar-refractivity contribution in [3.8, 4) is 0 Å². The van der Waals surface area contributed by atoms with Crippen LogP contribution in [0.1, 0.15) is 75.4 Å². The number of aromatic nitrogens is 5. The van der Waals surface area contributed by atoms with E-state index >= 15 is 0 Å². The van der Waals surface area contributed by atoms with Crippen molar-refractivity contribution in [1.82, 2.24) is 30.1 Å². The zero-order valence-corrected chi connectivity index (χ0v) is 19.4. The highest BCUT2D eigenvalue weighted by Gasteiger charge is 2.28. The molecule has 0 bridgehead atoms. The van der Waals surface area contributed by atoms with Gasteiger partial charge in [-0.25, -0.2) is 4.68 Å². The summed E-state index contributed by atoms with van der Waals surface area (Å²) in [5, 5.41) is 13.7. The summed E-state index contributed by atoms with van der Waals surface area (Å²) in [6.07, 6.45) is 5.72. The summed E-state index contributed by atoms with van der Waals surface area (Å²) in [6, 6.07) is 6.73. The summed E-state index contributed by atoms with van der Waals surface area (Å²) >= 11 is 0. The number of benzene rings is 1. The van der Waals surface area contributed by atoms with Gasteiger partial charge in [0, 0.05) is 23.7 Å². The molecule has 1 saturated carbocycles. The minimum absolute atomic E-state index is 0.00719. The van der Waals surface area contributed by atoms with Crippen LogP contribution in [0.3, 0.4) is 0 Å². The van der Waals surface area contributed by atoms with E-state index < -0.39 is 0 Å². The van der Waals surface area contributed by atoms with Crippen LogP contribution < -0.4 is 5.56 Å². The number of hydrogen-bond acceptors (Lipinski definition) is 5. The molecule has 1 aromatic carbocycles. The van der Waals surface area contributed by atoms with Crippen LogP contribution in [0.25, 0.3) is 10.9 Å². The average molecular weight is 423 g/mol. The average Bonchev–Trinajstić information content (AvgIpc) is 3.42. The Kier molecular flexibility index (Phi) is 5.97. The standard InChI is InChI=1S/C24H34N6O/c1-6-24(4,5)30-22(26-27-28-30)15-29(20-9-7-8-10-20)14-19-13-18-11-16(2)17(3)12-21(18)25-23(19)31/h11-13,20H,6-10,14-15H2,1-5H3,(H,25,31). The van der Waals surface area contributed by atoms with Gasteiger partial charge in [0.2, 0.25) is 0 Å². The van der Waals surface area contributed by atoms with E-state index in [9.17, 15) is 4.79 Å². The molecule has 0 spiro atoms. The topological polar surface area (TPSA) is 79.7 Å². The van der Waals surface area contributed by atoms with E-state index in [1.165, 1.54) is 24.0 Å². The smallest absolute Gasteiger partial charge is 0.252 e. The Labute approximate surface area is 183 Å². The molecule has 0 amide bonds. The molecule has 1 aliphatic carbocycles. The molecule has 0 radical (unpaired) electrons. The van der Waals surface area contributed by atoms with Gasteiger partial charge < -0.3 is 4.98 Å². The first-order chi connectivity index (χ1) is 14.8. The molecule has 0 atom stereocenters. The fourth-order valence-corrected chi connectivity index (χ4v) is 4.55. The first-order valence-electron chi connectivity index (χ1n) is 11.4. The minimum atomic E-state index is -0.143. The SMILES string of the molecule is CCC(C)(C)n1nnnc1CN(Cc1cc2cc(C)c(C)cc2[nH]c1=O)C1CCCC1. The molecule has 7 nitrogen and oxygen atoms in total. The van der Waals surface area contributed by atoms with Gasteiger partial charge in [-0.15, -0.1) is 5.10 Å². The summed E-state index contributed by atoms with van der Waals surface area (Å²) in [5.41, 5.74) is 3.98. The van der Waals surface area contributed by atoms with Crippen LogP contribution in [0.4, 0.5) is 0 Å². The molecule has 7 heteroatoms. The van der Waals surface area contributed by atoms with Gasteiger partial charge in [0.15, 0.2) is 5.82 Å². The lowest BCUT2D eigenvalue weighted by atomic mass is 10.0. The molecule has 1 aliphatic rings. The van der Waals surface area contributed by atoms with Crippen LogP contribution >= 0.6 is 0 Å². The van der Waals surface area contributed by atoms with Crippen molar-refractivity contribution in [3.05, 3.63) is 51.1 Å². The zero-order chi connectivity index (χ0) is 22.2. The maximum absolute atomic E-state index is 12.9. The molecule has 1 fully saturated rings. The Hall–Kier alpha value is -2.54. The second kappa shape index (κ2) is 8.54. The molecule has 166 valence electrons. The fraction of sp³-hybridized carbons (Fsp3) is 0.583. The number of hydrogen-bond donors (Lipinski definition) is 1. The number of H-pyrrole nitrogens is 1. The molecule has 4 rings (SSSR count). The summed E-state index contributed by atoms with van der Waals surface area (Å²) in [6.45, 7) is 11.9. The van der Waals surface area contributed by atoms with E-state index in [1.807, 2.05) is 4.68 Å². The lowest BCUT2D eigenvalue weighted by Gasteiger charge is -2.30. The Morgan fingerprint density at radius 3 is 2.55 bits per heavy atom. The molecule has 2 aromatic heterocycles. The van der Waals surface area contributed by atoms with Gasteiger partial charge in [0.25, 0.3) is 5.56 Å². The number of pyridine rings is 1. The highest BCUT2D eigenvalue weighted by Crippen LogP contribution is 2.28. The maximum atomic E-state index is 12.9. The quantitative estimate of drug-likeness (QED) is 0.617. The number of aryl methyl sites for hydroxylation is 2. The van der Waals surface area contributed by atoms with Crippen molar-refractivity contribution in [1.29, 1.82) is 0 Å². The first kappa shape index (κ1) is 21.7. The normalized spacial score (nSPS) is 15.4. The molecule has 0 unspecified atom stereocenters. The van der Waals surface area contributed by atoms with Crippen molar-refractivity contribution in [2.45, 2.75) is 91.4 Å². The van der Waals surface area contributed by atoms with Crippen LogP contribution in [0, 0.1) is 13.8 Å². The second-order valence-corrected chi connectivity index (χ2v) is 9.66. The predicted molar refractivity (Wildman–Crippen MR) is 123 cm³/mol. The lowest BCUT2D eigenvalue weighted by Crippen LogP contribution is -2.37. The summed E-state index contributed by atoms with van der Waals surface area (Å²) in [7, 11) is 0. The van der Waals surface area contributed by atoms with Crippen molar-refractivity contribution < 1.29 is 0 Å². The second-order valence-electron chi connectivity index (χ2n) is 9.66. The number of aromatic amines is 1. The van der Waals surface area contributed by atoms with Gasteiger partial charge in [0.1, 0.15) is 0 Å². The lowest BCUT2D eigenvalue weighted by molar-refractivity contribution is 0.164. The van der Waals surface area contributed by atoms with Crippen molar-refractivity contribution in [3.63, 3.8) is 0 Å². The number of nitrogens with one attached hydrogen (secondary N) is 1. The van der Waals surface area contributed by atoms with Gasteiger partial charge in [-0.05, 0) is 92.1 Å². The number of tetrazole rings is 1. The number of fused-ring (bicyclic) bond motifs is 1. The molecule has 3 aromatic rings. The molecular weight excluding hydrogens is 388 g/mol. The van der Waals surface area contributed by atoms with Crippen LogP contribution in [-0.2, 0) is 18.6 Å². The Balaban J connectivity index is 1.67. The monoisotopic (exact) mass is 422 g/mol. The van der Waals surface area contributed by atoms with Gasteiger partial charge >= 0.3 is 0 Å². The van der Waals surface area contributed by atoms with Crippen LogP contribution in [0.15, 0.2) is 23.0 Å². The van der Waals surface area contributed by atoms with Gasteiger partial charge in [-0.1, -0.05) is 19.8 Å². The largest absolute Gasteiger partial charge is 0.322 e. The van der Waals surface area contributed by atoms with E-state index in [4.69, 9.17) is 0 Å². The third-order valence-electron chi connectivity index (χ3n) is 7.07. The third-order valence-corrected chi connectivity index (χ3v) is 7.07. The zero-order valence-electron chi connectivity index (χ0n) is 19.4. The molecule has 1 N–H and O–H groups in total. The van der Waals surface area contributed by atoms with Crippen molar-refractivity contribution in [2.24, 2.45) is 0 Å². The van der Waals surface area contributed by atoms with Crippen LogP contribution in [-0.4, -0.2) is 36.1 Å². The van der Waals surface area contributed by atoms with Gasteiger partial charge in [-0.2, -0.15) is 0 Å². The van der Waals surface area contributed by atoms with Gasteiger partial charge in [-0.3, -0.25) is 9.69 Å². The van der Waals surface area contributed by atoms with Crippen molar-refractivity contribution >= 4 is 10.9 Å². The van der Waals surface area contributed by atoms with E-state index in [2.05, 4.69) is 78.2 Å². The highest BCUT2D eigenvalue weighted by atomic mass is 16.1. The maximum Gasteiger partial charge on any atom is 0.252 e. The molecule has 0 aliphatic heterocycles. The van der Waals surface area contributed by atoms with E-state index in [0.717, 1.165) is 41.6 Å². The molecule has 0 saturated heterocycles. The van der Waals surface area contributed by atoms with E-state index in [0.29, 0.717) is 19.1 Å². The Morgan fingerprint density at radius 1 is 1.13 bits per heavy atom. The minimum Gasteiger partial charge on any atom is -0.322 e.